The van der Waals surface area contributed by atoms with Crippen molar-refractivity contribution in [3.63, 3.8) is 0 Å². The van der Waals surface area contributed by atoms with E-state index in [0.29, 0.717) is 5.56 Å². The first-order valence-corrected chi connectivity index (χ1v) is 5.40. The molecule has 1 N–H and O–H groups in total. The van der Waals surface area contributed by atoms with Crippen LogP contribution in [0.15, 0.2) is 34.2 Å². The summed E-state index contributed by atoms with van der Waals surface area (Å²) in [5, 5.41) is 19.4. The Morgan fingerprint density at radius 2 is 1.95 bits per heavy atom. The molecule has 7 nitrogen and oxygen atoms in total. The van der Waals surface area contributed by atoms with E-state index in [-0.39, 0.29) is 73.5 Å². The van der Waals surface area contributed by atoms with Crippen LogP contribution in [0, 0.1) is 21.4 Å². The number of nitriles is 1. The fourth-order valence-corrected chi connectivity index (χ4v) is 1.69. The van der Waals surface area contributed by atoms with Gasteiger partial charge in [-0.15, -0.1) is 0 Å². The molecule has 2 aromatic rings. The van der Waals surface area contributed by atoms with Crippen molar-refractivity contribution in [1.82, 2.24) is 9.97 Å². The Morgan fingerprint density at radius 1 is 1.35 bits per heavy atom. The normalized spacial score (nSPS) is 9.35. The molecule has 0 aliphatic rings. The number of hydrogen-bond acceptors (Lipinski definition) is 6. The fraction of sp³-hybridized carbons (Fsp3) is 0. The van der Waals surface area contributed by atoms with Crippen LogP contribution in [0.3, 0.4) is 0 Å². The van der Waals surface area contributed by atoms with Gasteiger partial charge in [0.1, 0.15) is 11.6 Å². The number of aromatic amines is 1. The van der Waals surface area contributed by atoms with Gasteiger partial charge in [0.2, 0.25) is 0 Å². The van der Waals surface area contributed by atoms with E-state index in [1.54, 1.807) is 6.07 Å². The molecule has 0 bridgehead atoms. The first-order valence-electron chi connectivity index (χ1n) is 4.99. The molecule has 1 aromatic heterocycles. The summed E-state index contributed by atoms with van der Waals surface area (Å²) >= 11 is 4.78. The van der Waals surface area contributed by atoms with Gasteiger partial charge in [0, 0.05) is 17.7 Å². The minimum Gasteiger partial charge on any atom is -0.742 e. The van der Waals surface area contributed by atoms with Gasteiger partial charge in [-0.2, -0.15) is 5.26 Å². The summed E-state index contributed by atoms with van der Waals surface area (Å²) in [6.45, 7) is 0. The molecule has 0 aliphatic carbocycles. The van der Waals surface area contributed by atoms with Gasteiger partial charge in [0.25, 0.3) is 11.2 Å². The van der Waals surface area contributed by atoms with E-state index in [0.717, 1.165) is 0 Å². The Balaban J connectivity index is 0.00000200. The molecule has 0 aliphatic heterocycles. The molecule has 0 saturated carbocycles. The van der Waals surface area contributed by atoms with Crippen molar-refractivity contribution in [2.24, 2.45) is 0 Å². The zero-order chi connectivity index (χ0) is 14.0. The summed E-state index contributed by atoms with van der Waals surface area (Å²) in [6.07, 6.45) is 0. The van der Waals surface area contributed by atoms with Gasteiger partial charge in [-0.05, 0) is 17.3 Å². The molecule has 9 heteroatoms. The van der Waals surface area contributed by atoms with Crippen LogP contribution in [-0.2, 0) is 12.6 Å². The van der Waals surface area contributed by atoms with Crippen molar-refractivity contribution >= 4 is 18.3 Å². The van der Waals surface area contributed by atoms with Gasteiger partial charge in [-0.25, -0.2) is 0 Å². The van der Waals surface area contributed by atoms with Crippen LogP contribution in [0.25, 0.3) is 11.3 Å². The van der Waals surface area contributed by atoms with Crippen molar-refractivity contribution in [3.8, 4) is 17.3 Å². The molecule has 1 aromatic carbocycles. The first kappa shape index (κ1) is 16.9. The molecule has 20 heavy (non-hydrogen) atoms. The smallest absolute Gasteiger partial charge is 0.742 e. The van der Waals surface area contributed by atoms with E-state index >= 15 is 0 Å². The molecule has 0 fully saturated rings. The van der Waals surface area contributed by atoms with Crippen LogP contribution in [0.5, 0.6) is 0 Å². The van der Waals surface area contributed by atoms with Crippen LogP contribution in [-0.4, -0.2) is 14.9 Å². The number of nitrogens with zero attached hydrogens (tertiary/aromatic N) is 3. The Hall–Kier alpha value is -1.15. The topological polar surface area (TPSA) is 113 Å². The molecule has 1 heterocycles. The van der Waals surface area contributed by atoms with Gasteiger partial charge in [-0.3, -0.25) is 19.9 Å². The van der Waals surface area contributed by atoms with Crippen molar-refractivity contribution in [1.29, 1.82) is 5.26 Å². The van der Waals surface area contributed by atoms with E-state index in [2.05, 4.69) is 9.97 Å². The molecule has 0 saturated heterocycles. The Labute approximate surface area is 161 Å². The standard InChI is InChI=1S/C11H6N4O3S.K/c12-5-8-9(13-11(19)14-10(8)16)6-1-3-7(4-2-6)15(17)18;/h1-4H,(H2,13,14,16,19);/q;+1/p-1. The zero-order valence-corrected chi connectivity index (χ0v) is 14.2. The number of nitro benzene ring substituents is 1. The number of non-ortho nitro benzene ring substituents is 1. The molecule has 0 atom stereocenters. The SMILES string of the molecule is N#Cc1c(-c2ccc([N+](=O)[O-])cc2)nc([S-])[nH]c1=O.[K+]. The van der Waals surface area contributed by atoms with Gasteiger partial charge in [0.15, 0.2) is 0 Å². The van der Waals surface area contributed by atoms with Crippen LogP contribution < -0.4 is 56.9 Å². The second-order valence-corrected chi connectivity index (χ2v) is 3.90. The number of H-pyrrole nitrogens is 1. The summed E-state index contributed by atoms with van der Waals surface area (Å²) in [7, 11) is 0. The minimum atomic E-state index is -0.629. The maximum absolute atomic E-state index is 11.5. The first-order chi connectivity index (χ1) is 9.02. The third kappa shape index (κ3) is 3.48. The van der Waals surface area contributed by atoms with Crippen LogP contribution in [0.4, 0.5) is 5.69 Å². The van der Waals surface area contributed by atoms with E-state index in [1.165, 1.54) is 24.3 Å². The van der Waals surface area contributed by atoms with E-state index in [4.69, 9.17) is 17.9 Å². The number of aromatic nitrogens is 2. The predicted octanol–water partition coefficient (Wildman–Crippen LogP) is -1.87. The van der Waals surface area contributed by atoms with Gasteiger partial charge >= 0.3 is 51.4 Å². The third-order valence-electron chi connectivity index (χ3n) is 2.36. The zero-order valence-electron chi connectivity index (χ0n) is 10.3. The molecule has 0 unspecified atom stereocenters. The fourth-order valence-electron chi connectivity index (χ4n) is 1.51. The number of rotatable bonds is 2. The van der Waals surface area contributed by atoms with Crippen molar-refractivity contribution in [2.75, 3.05) is 0 Å². The summed E-state index contributed by atoms with van der Waals surface area (Å²) in [5.41, 5.74) is -0.366. The molecule has 2 rings (SSSR count). The van der Waals surface area contributed by atoms with E-state index in [9.17, 15) is 14.9 Å². The van der Waals surface area contributed by atoms with Gasteiger partial charge in [-0.1, -0.05) is 0 Å². The van der Waals surface area contributed by atoms with Gasteiger partial charge < -0.3 is 17.6 Å². The number of benzene rings is 1. The molecule has 0 spiro atoms. The minimum absolute atomic E-state index is 0. The monoisotopic (exact) mass is 312 g/mol. The molecule has 94 valence electrons. The van der Waals surface area contributed by atoms with Crippen molar-refractivity contribution in [2.45, 2.75) is 5.16 Å². The molecule has 0 radical (unpaired) electrons. The summed E-state index contributed by atoms with van der Waals surface area (Å²) in [4.78, 5) is 27.7. The number of nitro groups is 1. The van der Waals surface area contributed by atoms with E-state index < -0.39 is 10.5 Å². The van der Waals surface area contributed by atoms with Crippen LogP contribution >= 0.6 is 0 Å². The average Bonchev–Trinajstić information content (AvgIpc) is 2.38. The van der Waals surface area contributed by atoms with Crippen molar-refractivity contribution < 1.29 is 56.3 Å². The number of hydrogen-bond donors (Lipinski definition) is 1. The Morgan fingerprint density at radius 3 is 2.45 bits per heavy atom. The molecule has 0 amide bonds. The molecular weight excluding hydrogens is 307 g/mol. The van der Waals surface area contributed by atoms with Crippen LogP contribution in [0.1, 0.15) is 5.56 Å². The van der Waals surface area contributed by atoms with Crippen molar-refractivity contribution in [3.05, 3.63) is 50.3 Å². The Bertz CT molecular complexity index is 752. The van der Waals surface area contributed by atoms with E-state index in [1.807, 2.05) is 0 Å². The molecular formula is C11H5KN4O3S. The quantitative estimate of drug-likeness (QED) is 0.228. The predicted molar refractivity (Wildman–Crippen MR) is 67.3 cm³/mol. The maximum Gasteiger partial charge on any atom is 1.00 e. The number of nitrogens with one attached hydrogen (secondary N) is 1. The summed E-state index contributed by atoms with van der Waals surface area (Å²) in [6, 6.07) is 7.10. The Kier molecular flexibility index (Phi) is 5.94. The summed E-state index contributed by atoms with van der Waals surface area (Å²) in [5.74, 6) is 0. The largest absolute Gasteiger partial charge is 1.00 e. The second-order valence-electron chi connectivity index (χ2n) is 3.51. The third-order valence-corrected chi connectivity index (χ3v) is 2.55. The summed E-state index contributed by atoms with van der Waals surface area (Å²) < 4.78 is 0. The second kappa shape index (κ2) is 7.03. The van der Waals surface area contributed by atoms with Crippen LogP contribution in [0.2, 0.25) is 0 Å². The maximum atomic E-state index is 11.5. The average molecular weight is 312 g/mol. The van der Waals surface area contributed by atoms with Gasteiger partial charge in [0.05, 0.1) is 10.6 Å².